The molecule has 6 nitrogen and oxygen atoms in total. The second-order valence-electron chi connectivity index (χ2n) is 6.52. The molecule has 0 spiro atoms. The van der Waals surface area contributed by atoms with Gasteiger partial charge in [-0.3, -0.25) is 13.8 Å². The van der Waals surface area contributed by atoms with Crippen molar-refractivity contribution in [2.75, 3.05) is 20.8 Å². The van der Waals surface area contributed by atoms with E-state index in [1.165, 1.54) is 19.1 Å². The lowest BCUT2D eigenvalue weighted by Gasteiger charge is -2.39. The lowest BCUT2D eigenvalue weighted by atomic mass is 10.1. The topological polar surface area (TPSA) is 72.9 Å². The van der Waals surface area contributed by atoms with Gasteiger partial charge in [-0.15, -0.1) is 0 Å². The molecule has 1 aliphatic heterocycles. The number of β-lactam (4-membered cyclic amide) rings is 1. The lowest BCUT2D eigenvalue weighted by Crippen LogP contribution is -2.56. The number of aryl methyl sites for hydroxylation is 1. The number of carbonyl (C=O) groups excluding carboxylic acids is 2. The zero-order chi connectivity index (χ0) is 20.1. The van der Waals surface area contributed by atoms with Crippen LogP contribution in [0.15, 0.2) is 53.4 Å². The molecule has 0 saturated carbocycles. The molecule has 1 aliphatic rings. The maximum Gasteiger partial charge on any atom is 0.227 e. The molecule has 0 radical (unpaired) electrons. The summed E-state index contributed by atoms with van der Waals surface area (Å²) in [5.74, 6) is 0.837. The molecule has 0 aromatic heterocycles. The van der Waals surface area contributed by atoms with Gasteiger partial charge in [0.05, 0.1) is 38.0 Å². The van der Waals surface area contributed by atoms with Crippen LogP contribution in [-0.2, 0) is 26.8 Å². The third-order valence-corrected chi connectivity index (χ3v) is 6.37. The van der Waals surface area contributed by atoms with E-state index in [0.717, 1.165) is 5.56 Å². The van der Waals surface area contributed by atoms with Crippen LogP contribution in [0.25, 0.3) is 0 Å². The number of likely N-dealkylation sites (tertiary alicyclic amines) is 1. The first-order chi connectivity index (χ1) is 13.5. The summed E-state index contributed by atoms with van der Waals surface area (Å²) in [5.41, 5.74) is 1.08. The van der Waals surface area contributed by atoms with Crippen LogP contribution >= 0.6 is 0 Å². The molecule has 0 bridgehead atoms. The van der Waals surface area contributed by atoms with E-state index in [0.29, 0.717) is 29.2 Å². The number of nitrogens with zero attached hydrogens (tertiary/aromatic N) is 1. The standard InChI is InChI=1S/C21H23NO5S/c1-26-18-11-10-17(12-19(18)27-2)28(25)21-13-20(24)22(21)14-16(23)9-8-15-6-4-3-5-7-15/h3-7,10-12,21H,8-9,13-14H2,1-2H3. The van der Waals surface area contributed by atoms with Crippen molar-refractivity contribution in [1.82, 2.24) is 4.90 Å². The van der Waals surface area contributed by atoms with Gasteiger partial charge in [-0.05, 0) is 24.1 Å². The normalized spacial score (nSPS) is 17.0. The summed E-state index contributed by atoms with van der Waals surface area (Å²) in [6.07, 6.45) is 1.15. The largest absolute Gasteiger partial charge is 0.493 e. The highest BCUT2D eigenvalue weighted by Gasteiger charge is 2.41. The fourth-order valence-electron chi connectivity index (χ4n) is 3.10. The SMILES string of the molecule is COc1ccc(S(=O)C2CC(=O)N2CC(=O)CCc2ccccc2)cc1OC. The minimum atomic E-state index is -1.45. The van der Waals surface area contributed by atoms with Crippen LogP contribution in [0.2, 0.25) is 0 Å². The monoisotopic (exact) mass is 401 g/mol. The third-order valence-electron chi connectivity index (χ3n) is 4.73. The molecular formula is C21H23NO5S. The van der Waals surface area contributed by atoms with Gasteiger partial charge in [0.1, 0.15) is 5.37 Å². The molecular weight excluding hydrogens is 378 g/mol. The highest BCUT2D eigenvalue weighted by molar-refractivity contribution is 7.85. The van der Waals surface area contributed by atoms with Crippen LogP contribution in [0.5, 0.6) is 11.5 Å². The Labute approximate surface area is 166 Å². The smallest absolute Gasteiger partial charge is 0.227 e. The van der Waals surface area contributed by atoms with Gasteiger partial charge in [0.15, 0.2) is 17.3 Å². The van der Waals surface area contributed by atoms with E-state index in [1.54, 1.807) is 18.2 Å². The summed E-state index contributed by atoms with van der Waals surface area (Å²) in [5, 5.41) is -0.494. The van der Waals surface area contributed by atoms with Gasteiger partial charge in [0.2, 0.25) is 5.91 Å². The van der Waals surface area contributed by atoms with Crippen molar-refractivity contribution in [3.63, 3.8) is 0 Å². The molecule has 1 saturated heterocycles. The molecule has 3 rings (SSSR count). The van der Waals surface area contributed by atoms with Crippen molar-refractivity contribution in [3.8, 4) is 11.5 Å². The first-order valence-corrected chi connectivity index (χ1v) is 10.2. The van der Waals surface area contributed by atoms with Crippen LogP contribution < -0.4 is 9.47 Å². The third kappa shape index (κ3) is 4.42. The van der Waals surface area contributed by atoms with E-state index >= 15 is 0 Å². The molecule has 2 aromatic rings. The zero-order valence-electron chi connectivity index (χ0n) is 15.9. The molecule has 2 aromatic carbocycles. The Morgan fingerprint density at radius 2 is 1.82 bits per heavy atom. The number of ketones is 1. The summed E-state index contributed by atoms with van der Waals surface area (Å²) in [6, 6.07) is 14.7. The zero-order valence-corrected chi connectivity index (χ0v) is 16.7. The minimum absolute atomic E-state index is 0.00460. The summed E-state index contributed by atoms with van der Waals surface area (Å²) in [6.45, 7) is -0.00460. The number of amides is 1. The first kappa shape index (κ1) is 20.1. The maximum atomic E-state index is 12.9. The summed E-state index contributed by atoms with van der Waals surface area (Å²) >= 11 is 0. The van der Waals surface area contributed by atoms with Crippen LogP contribution in [0, 0.1) is 0 Å². The highest BCUT2D eigenvalue weighted by Crippen LogP contribution is 2.32. The van der Waals surface area contributed by atoms with E-state index < -0.39 is 16.2 Å². The maximum absolute atomic E-state index is 12.9. The number of rotatable bonds is 9. The molecule has 0 aliphatic carbocycles. The van der Waals surface area contributed by atoms with E-state index in [-0.39, 0.29) is 24.7 Å². The van der Waals surface area contributed by atoms with Crippen LogP contribution in [0.3, 0.4) is 0 Å². The number of Topliss-reactive ketones (excluding diaryl/α,β-unsaturated/α-hetero) is 1. The van der Waals surface area contributed by atoms with Gasteiger partial charge in [0.25, 0.3) is 0 Å². The number of benzene rings is 2. The molecule has 0 N–H and O–H groups in total. The van der Waals surface area contributed by atoms with E-state index in [2.05, 4.69) is 0 Å². The van der Waals surface area contributed by atoms with Crippen molar-refractivity contribution in [2.45, 2.75) is 29.5 Å². The van der Waals surface area contributed by atoms with Crippen LogP contribution in [0.4, 0.5) is 0 Å². The predicted molar refractivity (Wildman–Crippen MR) is 106 cm³/mol. The minimum Gasteiger partial charge on any atom is -0.493 e. The fourth-order valence-corrected chi connectivity index (χ4v) is 4.56. The first-order valence-electron chi connectivity index (χ1n) is 9.01. The average Bonchev–Trinajstić information content (AvgIpc) is 2.74. The molecule has 1 fully saturated rings. The highest BCUT2D eigenvalue weighted by atomic mass is 32.2. The lowest BCUT2D eigenvalue weighted by molar-refractivity contribution is -0.145. The molecule has 148 valence electrons. The molecule has 28 heavy (non-hydrogen) atoms. The number of hydrogen-bond donors (Lipinski definition) is 0. The Balaban J connectivity index is 1.62. The van der Waals surface area contributed by atoms with Crippen molar-refractivity contribution in [2.24, 2.45) is 0 Å². The predicted octanol–water partition coefficient (Wildman–Crippen LogP) is 2.57. The fraction of sp³-hybridized carbons (Fsp3) is 0.333. The number of ether oxygens (including phenoxy) is 2. The van der Waals surface area contributed by atoms with Crippen molar-refractivity contribution < 1.29 is 23.3 Å². The van der Waals surface area contributed by atoms with Gasteiger partial charge in [0, 0.05) is 17.4 Å². The second kappa shape index (κ2) is 9.01. The Morgan fingerprint density at radius 1 is 1.11 bits per heavy atom. The summed E-state index contributed by atoms with van der Waals surface area (Å²) < 4.78 is 23.4. The Hall–Kier alpha value is -2.67. The van der Waals surface area contributed by atoms with Crippen LogP contribution in [-0.4, -0.2) is 46.9 Å². The number of methoxy groups -OCH3 is 2. The van der Waals surface area contributed by atoms with Crippen molar-refractivity contribution >= 4 is 22.5 Å². The van der Waals surface area contributed by atoms with Crippen LogP contribution in [0.1, 0.15) is 18.4 Å². The van der Waals surface area contributed by atoms with Gasteiger partial charge >= 0.3 is 0 Å². The molecule has 1 heterocycles. The summed E-state index contributed by atoms with van der Waals surface area (Å²) in [4.78, 5) is 26.3. The average molecular weight is 401 g/mol. The quantitative estimate of drug-likeness (QED) is 0.604. The Morgan fingerprint density at radius 3 is 2.46 bits per heavy atom. The molecule has 1 amide bonds. The van der Waals surface area contributed by atoms with Gasteiger partial charge in [-0.2, -0.15) is 0 Å². The number of hydrogen-bond acceptors (Lipinski definition) is 5. The van der Waals surface area contributed by atoms with E-state index in [1.807, 2.05) is 30.3 Å². The van der Waals surface area contributed by atoms with Crippen molar-refractivity contribution in [3.05, 3.63) is 54.1 Å². The van der Waals surface area contributed by atoms with Gasteiger partial charge in [-0.25, -0.2) is 0 Å². The molecule has 2 unspecified atom stereocenters. The Bertz CT molecular complexity index is 884. The number of carbonyl (C=O) groups is 2. The van der Waals surface area contributed by atoms with Gasteiger partial charge < -0.3 is 14.4 Å². The van der Waals surface area contributed by atoms with Gasteiger partial charge in [-0.1, -0.05) is 30.3 Å². The second-order valence-corrected chi connectivity index (χ2v) is 8.13. The van der Waals surface area contributed by atoms with E-state index in [9.17, 15) is 13.8 Å². The van der Waals surface area contributed by atoms with Crippen molar-refractivity contribution in [1.29, 1.82) is 0 Å². The summed E-state index contributed by atoms with van der Waals surface area (Å²) in [7, 11) is 1.59. The molecule has 2 atom stereocenters. The van der Waals surface area contributed by atoms with E-state index in [4.69, 9.17) is 9.47 Å². The molecule has 7 heteroatoms. The Kier molecular flexibility index (Phi) is 6.46.